The number of halogens is 1. The zero-order valence-electron chi connectivity index (χ0n) is 11.3. The monoisotopic (exact) mass is 298 g/mol. The average Bonchev–Trinajstić information content (AvgIpc) is 3.03. The van der Waals surface area contributed by atoms with E-state index in [1.165, 1.54) is 17.2 Å². The van der Waals surface area contributed by atoms with Crippen LogP contribution in [0.3, 0.4) is 0 Å². The number of rotatable bonds is 4. The van der Waals surface area contributed by atoms with Gasteiger partial charge in [-0.1, -0.05) is 0 Å². The molecule has 0 saturated carbocycles. The van der Waals surface area contributed by atoms with Crippen molar-refractivity contribution >= 4 is 11.2 Å². The van der Waals surface area contributed by atoms with Crippen molar-refractivity contribution < 1.29 is 24.1 Å². The summed E-state index contributed by atoms with van der Waals surface area (Å²) in [5, 5.41) is 18.8. The van der Waals surface area contributed by atoms with Crippen LogP contribution in [0.1, 0.15) is 13.2 Å². The number of ether oxygens (including phenoxy) is 2. The minimum atomic E-state index is -1.69. The Labute approximate surface area is 119 Å². The second-order valence-electron chi connectivity index (χ2n) is 4.62. The first kappa shape index (κ1) is 14.1. The first-order chi connectivity index (χ1) is 10.2. The van der Waals surface area contributed by atoms with Gasteiger partial charge in [-0.15, -0.1) is 0 Å². The predicted octanol–water partition coefficient (Wildman–Crippen LogP) is -0.186. The third-order valence-electron chi connectivity index (χ3n) is 3.35. The normalized spacial score (nSPS) is 29.1. The van der Waals surface area contributed by atoms with Crippen LogP contribution < -0.4 is 4.74 Å². The topological polar surface area (TPSA) is 103 Å². The van der Waals surface area contributed by atoms with E-state index in [4.69, 9.17) is 14.6 Å². The summed E-state index contributed by atoms with van der Waals surface area (Å²) >= 11 is 0. The molecular weight excluding hydrogens is 283 g/mol. The average molecular weight is 298 g/mol. The van der Waals surface area contributed by atoms with Gasteiger partial charge in [0, 0.05) is 0 Å². The number of nitrogens with zero attached hydrogens (tertiary/aromatic N) is 4. The quantitative estimate of drug-likeness (QED) is 0.806. The molecule has 0 spiro atoms. The molecule has 1 aliphatic heterocycles. The Kier molecular flexibility index (Phi) is 3.70. The van der Waals surface area contributed by atoms with Crippen LogP contribution in [0.25, 0.3) is 11.2 Å². The van der Waals surface area contributed by atoms with Crippen LogP contribution in [0, 0.1) is 0 Å². The lowest BCUT2D eigenvalue weighted by atomic mass is 10.1. The van der Waals surface area contributed by atoms with Gasteiger partial charge in [-0.2, -0.15) is 4.98 Å². The second kappa shape index (κ2) is 5.51. The predicted molar refractivity (Wildman–Crippen MR) is 68.4 cm³/mol. The SMILES string of the molecule is CCOc1ncnc2c1ncn2[C@@H]1O[C@H](CO)[C@@H](O)[C@H]1F. The summed E-state index contributed by atoms with van der Waals surface area (Å²) in [5.74, 6) is 0.300. The van der Waals surface area contributed by atoms with Crippen molar-refractivity contribution in [3.05, 3.63) is 12.7 Å². The number of aromatic nitrogens is 4. The van der Waals surface area contributed by atoms with E-state index in [2.05, 4.69) is 15.0 Å². The summed E-state index contributed by atoms with van der Waals surface area (Å²) in [6.45, 7) is 1.75. The second-order valence-corrected chi connectivity index (χ2v) is 4.62. The Hall–Kier alpha value is -1.84. The van der Waals surface area contributed by atoms with E-state index in [9.17, 15) is 9.50 Å². The van der Waals surface area contributed by atoms with Crippen LogP contribution in [-0.4, -0.2) is 61.3 Å². The number of alkyl halides is 1. The maximum atomic E-state index is 14.1. The number of fused-ring (bicyclic) bond motifs is 1. The number of aliphatic hydroxyl groups is 2. The van der Waals surface area contributed by atoms with Gasteiger partial charge in [-0.05, 0) is 6.92 Å². The summed E-state index contributed by atoms with van der Waals surface area (Å²) < 4.78 is 26.2. The summed E-state index contributed by atoms with van der Waals surface area (Å²) in [6.07, 6.45) is -2.53. The smallest absolute Gasteiger partial charge is 0.245 e. The molecule has 0 bridgehead atoms. The lowest BCUT2D eigenvalue weighted by molar-refractivity contribution is -0.0459. The fourth-order valence-electron chi connectivity index (χ4n) is 2.34. The van der Waals surface area contributed by atoms with Gasteiger partial charge in [0.25, 0.3) is 0 Å². The van der Waals surface area contributed by atoms with Crippen molar-refractivity contribution in [2.75, 3.05) is 13.2 Å². The molecule has 3 heterocycles. The van der Waals surface area contributed by atoms with E-state index < -0.39 is 31.2 Å². The Bertz CT molecular complexity index is 637. The molecule has 9 heteroatoms. The molecule has 1 aliphatic rings. The van der Waals surface area contributed by atoms with Crippen molar-refractivity contribution in [2.45, 2.75) is 31.5 Å². The lowest BCUT2D eigenvalue weighted by Gasteiger charge is -2.14. The summed E-state index contributed by atoms with van der Waals surface area (Å²) in [7, 11) is 0. The number of aliphatic hydroxyl groups excluding tert-OH is 2. The fraction of sp³-hybridized carbons (Fsp3) is 0.583. The van der Waals surface area contributed by atoms with Crippen molar-refractivity contribution in [1.82, 2.24) is 19.5 Å². The van der Waals surface area contributed by atoms with Gasteiger partial charge in [0.15, 0.2) is 23.6 Å². The highest BCUT2D eigenvalue weighted by atomic mass is 19.1. The molecule has 2 aromatic heterocycles. The van der Waals surface area contributed by atoms with Crippen LogP contribution in [0.4, 0.5) is 4.39 Å². The van der Waals surface area contributed by atoms with Gasteiger partial charge in [0.05, 0.1) is 19.5 Å². The number of imidazole rings is 1. The highest BCUT2D eigenvalue weighted by molar-refractivity contribution is 5.76. The largest absolute Gasteiger partial charge is 0.476 e. The highest BCUT2D eigenvalue weighted by Crippen LogP contribution is 2.34. The molecule has 2 aromatic rings. The minimum Gasteiger partial charge on any atom is -0.476 e. The molecule has 0 unspecified atom stereocenters. The van der Waals surface area contributed by atoms with Crippen molar-refractivity contribution in [2.24, 2.45) is 0 Å². The molecule has 0 aromatic carbocycles. The molecule has 3 rings (SSSR count). The third-order valence-corrected chi connectivity index (χ3v) is 3.35. The number of hydrogen-bond acceptors (Lipinski definition) is 7. The van der Waals surface area contributed by atoms with Gasteiger partial charge in [-0.3, -0.25) is 4.57 Å². The van der Waals surface area contributed by atoms with Gasteiger partial charge < -0.3 is 19.7 Å². The molecule has 1 saturated heterocycles. The molecular formula is C12H15FN4O4. The van der Waals surface area contributed by atoms with E-state index in [0.717, 1.165) is 0 Å². The molecule has 0 aliphatic carbocycles. The van der Waals surface area contributed by atoms with E-state index in [-0.39, 0.29) is 0 Å². The molecule has 2 N–H and O–H groups in total. The molecule has 0 radical (unpaired) electrons. The molecule has 114 valence electrons. The lowest BCUT2D eigenvalue weighted by Crippen LogP contribution is -2.30. The van der Waals surface area contributed by atoms with Crippen LogP contribution in [0.15, 0.2) is 12.7 Å². The fourth-order valence-corrected chi connectivity index (χ4v) is 2.34. The minimum absolute atomic E-state index is 0.300. The van der Waals surface area contributed by atoms with Gasteiger partial charge >= 0.3 is 0 Å². The molecule has 21 heavy (non-hydrogen) atoms. The maximum Gasteiger partial charge on any atom is 0.245 e. The standard InChI is InChI=1S/C12H15FN4O4/c1-2-20-11-8-10(14-4-15-11)17(5-16-8)12-7(13)9(19)6(3-18)21-12/h4-7,9,12,18-19H,2-3H2,1H3/t6-,7-,9-,12-/m1/s1. The van der Waals surface area contributed by atoms with E-state index >= 15 is 0 Å². The molecule has 4 atom stereocenters. The summed E-state index contributed by atoms with van der Waals surface area (Å²) in [5.41, 5.74) is 0.726. The Morgan fingerprint density at radius 3 is 2.90 bits per heavy atom. The van der Waals surface area contributed by atoms with Crippen LogP contribution in [-0.2, 0) is 4.74 Å². The van der Waals surface area contributed by atoms with Crippen LogP contribution in [0.5, 0.6) is 5.88 Å². The molecule has 1 fully saturated rings. The summed E-state index contributed by atoms with van der Waals surface area (Å²) in [6, 6.07) is 0. The van der Waals surface area contributed by atoms with Gasteiger partial charge in [0.2, 0.25) is 5.88 Å². The van der Waals surface area contributed by atoms with Crippen molar-refractivity contribution in [3.8, 4) is 5.88 Å². The maximum absolute atomic E-state index is 14.1. The number of hydrogen-bond donors (Lipinski definition) is 2. The first-order valence-electron chi connectivity index (χ1n) is 6.56. The van der Waals surface area contributed by atoms with E-state index in [1.807, 2.05) is 6.92 Å². The van der Waals surface area contributed by atoms with Crippen LogP contribution >= 0.6 is 0 Å². The van der Waals surface area contributed by atoms with Crippen molar-refractivity contribution in [1.29, 1.82) is 0 Å². The first-order valence-corrected chi connectivity index (χ1v) is 6.56. The van der Waals surface area contributed by atoms with Gasteiger partial charge in [0.1, 0.15) is 18.5 Å². The zero-order chi connectivity index (χ0) is 15.0. The third kappa shape index (κ3) is 2.23. The van der Waals surface area contributed by atoms with Crippen LogP contribution in [0.2, 0.25) is 0 Å². The molecule has 0 amide bonds. The van der Waals surface area contributed by atoms with Gasteiger partial charge in [-0.25, -0.2) is 14.4 Å². The Balaban J connectivity index is 2.00. The summed E-state index contributed by atoms with van der Waals surface area (Å²) in [4.78, 5) is 12.1. The molecule has 8 nitrogen and oxygen atoms in total. The highest BCUT2D eigenvalue weighted by Gasteiger charge is 2.45. The van der Waals surface area contributed by atoms with E-state index in [0.29, 0.717) is 23.7 Å². The van der Waals surface area contributed by atoms with E-state index in [1.54, 1.807) is 0 Å². The Morgan fingerprint density at radius 2 is 2.24 bits per heavy atom. The zero-order valence-corrected chi connectivity index (χ0v) is 11.3. The van der Waals surface area contributed by atoms with Crippen molar-refractivity contribution in [3.63, 3.8) is 0 Å². The Morgan fingerprint density at radius 1 is 1.43 bits per heavy atom.